The van der Waals surface area contributed by atoms with E-state index >= 15 is 0 Å². The molecule has 0 atom stereocenters. The molecule has 0 spiro atoms. The summed E-state index contributed by atoms with van der Waals surface area (Å²) in [6.45, 7) is 4.60. The molecule has 7 heteroatoms. The largest absolute Gasteiger partial charge is 0.185 e. The van der Waals surface area contributed by atoms with Gasteiger partial charge in [0.15, 0.2) is 8.68 Å². The molecular weight excluding hydrogens is 621 g/mol. The summed E-state index contributed by atoms with van der Waals surface area (Å²) >= 11 is 1.77. The van der Waals surface area contributed by atoms with Crippen molar-refractivity contribution in [3.8, 4) is 0 Å². The molecule has 1 aromatic rings. The average Bonchev–Trinajstić information content (AvgIpc) is 3.47. The summed E-state index contributed by atoms with van der Waals surface area (Å²) in [6.07, 6.45) is 43.0. The zero-order chi connectivity index (χ0) is 30.7. The molecule has 0 aliphatic heterocycles. The van der Waals surface area contributed by atoms with Crippen molar-refractivity contribution in [2.45, 2.75) is 215 Å². The van der Waals surface area contributed by atoms with Gasteiger partial charge in [-0.05, 0) is 34.4 Å². The standard InChI is InChI=1S/C36H70N2S5/c1-3-5-7-9-11-13-15-17-19-21-23-25-27-29-31-33-39-42-35-37-38-36(41-35)43-40-34-32-30-28-26-24-22-20-18-16-14-12-10-8-6-4-2/h3-34H2,1-2H3. The van der Waals surface area contributed by atoms with Crippen LogP contribution < -0.4 is 0 Å². The van der Waals surface area contributed by atoms with Gasteiger partial charge in [-0.15, -0.1) is 10.2 Å². The van der Waals surface area contributed by atoms with Crippen LogP contribution >= 0.6 is 54.5 Å². The van der Waals surface area contributed by atoms with E-state index in [9.17, 15) is 0 Å². The highest BCUT2D eigenvalue weighted by molar-refractivity contribution is 8.77. The summed E-state index contributed by atoms with van der Waals surface area (Å²) in [6, 6.07) is 0. The third-order valence-corrected chi connectivity index (χ3v) is 14.7. The van der Waals surface area contributed by atoms with Crippen LogP contribution in [0.2, 0.25) is 0 Å². The normalized spacial score (nSPS) is 11.6. The maximum atomic E-state index is 4.40. The summed E-state index contributed by atoms with van der Waals surface area (Å²) < 4.78 is 2.25. The Balaban J connectivity index is 1.77. The molecule has 0 N–H and O–H groups in total. The predicted molar refractivity (Wildman–Crippen MR) is 206 cm³/mol. The summed E-state index contributed by atoms with van der Waals surface area (Å²) in [7, 11) is 7.59. The molecule has 0 radical (unpaired) electrons. The highest BCUT2D eigenvalue weighted by Gasteiger charge is 2.06. The molecule has 0 amide bonds. The van der Waals surface area contributed by atoms with Crippen LogP contribution in [-0.4, -0.2) is 21.7 Å². The minimum atomic E-state index is 1.13. The molecule has 1 aromatic heterocycles. The van der Waals surface area contributed by atoms with E-state index in [1.807, 2.05) is 43.2 Å². The molecule has 0 fully saturated rings. The lowest BCUT2D eigenvalue weighted by Crippen LogP contribution is -1.84. The second-order valence-electron chi connectivity index (χ2n) is 12.5. The highest BCUT2D eigenvalue weighted by atomic mass is 33.1. The topological polar surface area (TPSA) is 25.8 Å². The molecular formula is C36H70N2S5. The van der Waals surface area contributed by atoms with Crippen molar-refractivity contribution in [3.05, 3.63) is 0 Å². The molecule has 254 valence electrons. The Labute approximate surface area is 289 Å². The fraction of sp³-hybridized carbons (Fsp3) is 0.944. The van der Waals surface area contributed by atoms with E-state index in [4.69, 9.17) is 0 Å². The fourth-order valence-electron chi connectivity index (χ4n) is 5.51. The van der Waals surface area contributed by atoms with Crippen LogP contribution in [0, 0.1) is 0 Å². The lowest BCUT2D eigenvalue weighted by molar-refractivity contribution is 0.535. The Bertz CT molecular complexity index is 605. The monoisotopic (exact) mass is 690 g/mol. The molecule has 0 saturated carbocycles. The number of hydrogen-bond donors (Lipinski definition) is 0. The first-order valence-corrected chi connectivity index (χ1v) is 24.2. The summed E-state index contributed by atoms with van der Waals surface area (Å²) in [5.41, 5.74) is 0. The molecule has 1 rings (SSSR count). The second-order valence-corrected chi connectivity index (χ2v) is 18.8. The summed E-state index contributed by atoms with van der Waals surface area (Å²) in [5.74, 6) is 2.47. The van der Waals surface area contributed by atoms with E-state index in [0.717, 1.165) is 8.68 Å². The highest BCUT2D eigenvalue weighted by Crippen LogP contribution is 2.40. The van der Waals surface area contributed by atoms with Crippen molar-refractivity contribution in [1.82, 2.24) is 10.2 Å². The van der Waals surface area contributed by atoms with Crippen molar-refractivity contribution in [3.63, 3.8) is 0 Å². The SMILES string of the molecule is CCCCCCCCCCCCCCCCCSSc1nnc(SSCCCCCCCCCCCCCCCCC)s1. The molecule has 1 heterocycles. The Morgan fingerprint density at radius 2 is 0.581 bits per heavy atom. The lowest BCUT2D eigenvalue weighted by atomic mass is 10.0. The van der Waals surface area contributed by atoms with Gasteiger partial charge in [0.1, 0.15) is 0 Å². The lowest BCUT2D eigenvalue weighted by Gasteiger charge is -2.03. The Morgan fingerprint density at radius 3 is 0.837 bits per heavy atom. The van der Waals surface area contributed by atoms with E-state index in [2.05, 4.69) is 24.0 Å². The summed E-state index contributed by atoms with van der Waals surface area (Å²) in [4.78, 5) is 0. The van der Waals surface area contributed by atoms with Crippen LogP contribution in [0.4, 0.5) is 0 Å². The van der Waals surface area contributed by atoms with Crippen LogP contribution in [-0.2, 0) is 0 Å². The van der Waals surface area contributed by atoms with Gasteiger partial charge in [-0.1, -0.05) is 227 Å². The van der Waals surface area contributed by atoms with E-state index in [1.165, 1.54) is 204 Å². The first-order chi connectivity index (χ1) is 21.4. The minimum absolute atomic E-state index is 1.13. The maximum absolute atomic E-state index is 4.40. The van der Waals surface area contributed by atoms with E-state index < -0.39 is 0 Å². The number of hydrogen-bond acceptors (Lipinski definition) is 7. The Kier molecular flexibility index (Phi) is 35.0. The van der Waals surface area contributed by atoms with Crippen molar-refractivity contribution in [2.24, 2.45) is 0 Å². The van der Waals surface area contributed by atoms with Crippen molar-refractivity contribution in [2.75, 3.05) is 11.5 Å². The quantitative estimate of drug-likeness (QED) is 0.0513. The molecule has 0 aliphatic carbocycles. The average molecular weight is 691 g/mol. The Hall–Kier alpha value is 0.960. The second kappa shape index (κ2) is 35.8. The molecule has 0 aliphatic rings. The predicted octanol–water partition coefficient (Wildman–Crippen LogP) is 15.8. The van der Waals surface area contributed by atoms with Crippen molar-refractivity contribution in [1.29, 1.82) is 0 Å². The number of unbranched alkanes of at least 4 members (excludes halogenated alkanes) is 28. The first-order valence-electron chi connectivity index (χ1n) is 18.8. The van der Waals surface area contributed by atoms with Crippen LogP contribution in [0.25, 0.3) is 0 Å². The molecule has 0 bridgehead atoms. The fourth-order valence-corrected chi connectivity index (χ4v) is 11.4. The zero-order valence-corrected chi connectivity index (χ0v) is 32.6. The summed E-state index contributed by atoms with van der Waals surface area (Å²) in [5, 5.41) is 8.80. The molecule has 43 heavy (non-hydrogen) atoms. The Morgan fingerprint density at radius 1 is 0.349 bits per heavy atom. The van der Waals surface area contributed by atoms with Gasteiger partial charge in [0.2, 0.25) is 0 Å². The molecule has 0 saturated heterocycles. The maximum Gasteiger partial charge on any atom is 0.185 e. The van der Waals surface area contributed by atoms with Gasteiger partial charge < -0.3 is 0 Å². The van der Waals surface area contributed by atoms with E-state index in [0.29, 0.717) is 0 Å². The number of aromatic nitrogens is 2. The van der Waals surface area contributed by atoms with Crippen LogP contribution in [0.1, 0.15) is 206 Å². The molecule has 0 aromatic carbocycles. The first kappa shape index (κ1) is 42.0. The molecule has 0 unspecified atom stereocenters. The minimum Gasteiger partial charge on any atom is -0.130 e. The van der Waals surface area contributed by atoms with Crippen molar-refractivity contribution >= 4 is 54.5 Å². The third kappa shape index (κ3) is 31.3. The number of nitrogens with zero attached hydrogens (tertiary/aromatic N) is 2. The zero-order valence-electron chi connectivity index (χ0n) is 28.6. The van der Waals surface area contributed by atoms with Gasteiger partial charge in [-0.25, -0.2) is 0 Å². The third-order valence-electron chi connectivity index (χ3n) is 8.31. The van der Waals surface area contributed by atoms with Gasteiger partial charge in [0, 0.05) is 11.5 Å². The van der Waals surface area contributed by atoms with Gasteiger partial charge >= 0.3 is 0 Å². The van der Waals surface area contributed by atoms with Gasteiger partial charge in [-0.2, -0.15) is 0 Å². The van der Waals surface area contributed by atoms with Gasteiger partial charge in [0.05, 0.1) is 0 Å². The van der Waals surface area contributed by atoms with Crippen LogP contribution in [0.15, 0.2) is 8.68 Å². The van der Waals surface area contributed by atoms with Crippen molar-refractivity contribution < 1.29 is 0 Å². The van der Waals surface area contributed by atoms with Gasteiger partial charge in [-0.3, -0.25) is 0 Å². The smallest absolute Gasteiger partial charge is 0.130 e. The van der Waals surface area contributed by atoms with Gasteiger partial charge in [0.25, 0.3) is 0 Å². The van der Waals surface area contributed by atoms with Crippen LogP contribution in [0.5, 0.6) is 0 Å². The molecule has 2 nitrogen and oxygen atoms in total. The number of rotatable bonds is 36. The van der Waals surface area contributed by atoms with Crippen LogP contribution in [0.3, 0.4) is 0 Å². The van der Waals surface area contributed by atoms with E-state index in [-0.39, 0.29) is 0 Å². The van der Waals surface area contributed by atoms with E-state index in [1.54, 1.807) is 11.3 Å².